The van der Waals surface area contributed by atoms with E-state index < -0.39 is 60.8 Å². The van der Waals surface area contributed by atoms with Crippen LogP contribution in [0.4, 0.5) is 0 Å². The zero-order chi connectivity index (χ0) is 51.3. The van der Waals surface area contributed by atoms with Gasteiger partial charge < -0.3 is 47.4 Å². The molecule has 0 radical (unpaired) electrons. The van der Waals surface area contributed by atoms with Gasteiger partial charge in [-0.25, -0.2) is 0 Å². The van der Waals surface area contributed by atoms with Gasteiger partial charge in [-0.15, -0.1) is 0 Å². The molecule has 0 spiro atoms. The highest BCUT2D eigenvalue weighted by Gasteiger charge is 2.59. The van der Waals surface area contributed by atoms with Crippen LogP contribution < -0.4 is 0 Å². The molecule has 13 nitrogen and oxygen atoms in total. The number of azide groups is 1. The van der Waals surface area contributed by atoms with E-state index in [0.717, 1.165) is 38.9 Å². The van der Waals surface area contributed by atoms with Crippen LogP contribution >= 0.6 is 0 Å². The summed E-state index contributed by atoms with van der Waals surface area (Å²) in [5.74, 6) is -1.70. The molecule has 1 unspecified atom stereocenters. The van der Waals surface area contributed by atoms with Crippen molar-refractivity contribution in [2.24, 2.45) is 5.11 Å². The van der Waals surface area contributed by atoms with Gasteiger partial charge in [0.05, 0.1) is 59.5 Å². The van der Waals surface area contributed by atoms with Gasteiger partial charge in [0.2, 0.25) is 0 Å². The average molecular weight is 1010 g/mol. The van der Waals surface area contributed by atoms with Crippen molar-refractivity contribution < 1.29 is 47.4 Å². The van der Waals surface area contributed by atoms with Gasteiger partial charge in [-0.05, 0) is 51.4 Å². The van der Waals surface area contributed by atoms with Gasteiger partial charge in [0.1, 0.15) is 48.8 Å². The Bertz CT molecular complexity index is 2750. The van der Waals surface area contributed by atoms with E-state index in [1.54, 1.807) is 0 Å². The summed E-state index contributed by atoms with van der Waals surface area (Å²) >= 11 is 0. The topological polar surface area (TPSA) is 141 Å². The van der Waals surface area contributed by atoms with Crippen molar-refractivity contribution in [2.75, 3.05) is 13.2 Å². The van der Waals surface area contributed by atoms with Crippen molar-refractivity contribution in [3.63, 3.8) is 0 Å². The fourth-order valence-electron chi connectivity index (χ4n) is 9.46. The minimum absolute atomic E-state index is 0.0715. The zero-order valence-corrected chi connectivity index (χ0v) is 42.2. The summed E-state index contributed by atoms with van der Waals surface area (Å²) in [6, 6.07) is 68.2. The molecule has 13 heteroatoms. The third-order valence-corrected chi connectivity index (χ3v) is 13.2. The molecule has 388 valence electrons. The lowest BCUT2D eigenvalue weighted by atomic mass is 9.91. The summed E-state index contributed by atoms with van der Waals surface area (Å²) < 4.78 is 69.5. The normalized spacial score (nSPS) is 24.5. The van der Waals surface area contributed by atoms with Crippen LogP contribution in [0, 0.1) is 0 Å². The number of ether oxygens (including phenoxy) is 10. The highest BCUT2D eigenvalue weighted by atomic mass is 16.8. The Labute approximate surface area is 439 Å². The molecule has 0 aromatic heterocycles. The molecule has 2 heterocycles. The number of nitrogens with zero attached hydrogens (tertiary/aromatic N) is 3. The lowest BCUT2D eigenvalue weighted by Crippen LogP contribution is -2.69. The molecule has 75 heavy (non-hydrogen) atoms. The lowest BCUT2D eigenvalue weighted by molar-refractivity contribution is -0.419. The molecule has 9 rings (SSSR count). The molecule has 0 amide bonds. The van der Waals surface area contributed by atoms with E-state index in [4.69, 9.17) is 47.4 Å². The highest BCUT2D eigenvalue weighted by Crippen LogP contribution is 2.41. The van der Waals surface area contributed by atoms with Gasteiger partial charge >= 0.3 is 0 Å². The van der Waals surface area contributed by atoms with E-state index in [-0.39, 0.29) is 46.2 Å². The maximum atomic E-state index is 10.5. The van der Waals surface area contributed by atoms with Gasteiger partial charge in [-0.2, -0.15) is 0 Å². The first-order chi connectivity index (χ1) is 37.0. The Kier molecular flexibility index (Phi) is 19.8. The molecular formula is C62H65N3O10. The first-order valence-corrected chi connectivity index (χ1v) is 25.6. The second kappa shape index (κ2) is 27.8. The van der Waals surface area contributed by atoms with E-state index >= 15 is 0 Å². The van der Waals surface area contributed by atoms with Crippen molar-refractivity contribution in [1.82, 2.24) is 0 Å². The zero-order valence-electron chi connectivity index (χ0n) is 42.2. The van der Waals surface area contributed by atoms with E-state index in [2.05, 4.69) is 10.0 Å². The summed E-state index contributed by atoms with van der Waals surface area (Å²) in [5, 5.41) is 4.42. The molecule has 0 saturated carbocycles. The molecular weight excluding hydrogens is 947 g/mol. The number of hydrogen-bond donors (Lipinski definition) is 0. The Morgan fingerprint density at radius 1 is 0.413 bits per heavy atom. The second-order valence-electron chi connectivity index (χ2n) is 18.8. The van der Waals surface area contributed by atoms with Crippen molar-refractivity contribution in [1.29, 1.82) is 0 Å². The molecule has 2 fully saturated rings. The van der Waals surface area contributed by atoms with Gasteiger partial charge in [-0.3, -0.25) is 0 Å². The van der Waals surface area contributed by atoms with Crippen LogP contribution in [0.5, 0.6) is 0 Å². The Hall–Kier alpha value is -6.55. The molecule has 2 saturated heterocycles. The van der Waals surface area contributed by atoms with Crippen LogP contribution in [0.15, 0.2) is 217 Å². The minimum atomic E-state index is -1.70. The van der Waals surface area contributed by atoms with Crippen molar-refractivity contribution >= 4 is 0 Å². The van der Waals surface area contributed by atoms with E-state index in [0.29, 0.717) is 13.2 Å². The summed E-state index contributed by atoms with van der Waals surface area (Å²) in [4.78, 5) is 3.39. The summed E-state index contributed by atoms with van der Waals surface area (Å²) in [6.07, 6.45) is -7.20. The summed E-state index contributed by atoms with van der Waals surface area (Å²) in [7, 11) is 0. The van der Waals surface area contributed by atoms with Gasteiger partial charge in [-0.1, -0.05) is 217 Å². The highest BCUT2D eigenvalue weighted by molar-refractivity contribution is 5.19. The fraction of sp³-hybridized carbons (Fsp3) is 0.323. The van der Waals surface area contributed by atoms with Crippen LogP contribution in [-0.2, 0) is 93.6 Å². The molecule has 0 N–H and O–H groups in total. The number of hydrogen-bond acceptors (Lipinski definition) is 11. The molecule has 7 aromatic rings. The predicted octanol–water partition coefficient (Wildman–Crippen LogP) is 11.9. The van der Waals surface area contributed by atoms with Gasteiger partial charge in [0, 0.05) is 4.91 Å². The summed E-state index contributed by atoms with van der Waals surface area (Å²) in [5.41, 5.74) is 17.1. The maximum absolute atomic E-state index is 10.5. The van der Waals surface area contributed by atoms with Crippen molar-refractivity contribution in [2.45, 2.75) is 114 Å². The fourth-order valence-corrected chi connectivity index (χ4v) is 9.46. The number of benzene rings is 7. The first-order valence-electron chi connectivity index (χ1n) is 25.6. The van der Waals surface area contributed by atoms with Crippen molar-refractivity contribution in [3.8, 4) is 0 Å². The Balaban J connectivity index is 1.11. The summed E-state index contributed by atoms with van der Waals surface area (Å²) in [6.45, 7) is 3.61. The maximum Gasteiger partial charge on any atom is 0.197 e. The van der Waals surface area contributed by atoms with Crippen LogP contribution in [0.25, 0.3) is 10.4 Å². The van der Waals surface area contributed by atoms with Crippen LogP contribution in [-0.4, -0.2) is 74.1 Å². The molecule has 7 aromatic carbocycles. The largest absolute Gasteiger partial charge is 0.374 e. The van der Waals surface area contributed by atoms with Crippen LogP contribution in [0.1, 0.15) is 45.9 Å². The van der Waals surface area contributed by atoms with Crippen LogP contribution in [0.3, 0.4) is 0 Å². The third-order valence-electron chi connectivity index (χ3n) is 13.2. The third kappa shape index (κ3) is 15.3. The molecule has 0 aliphatic carbocycles. The van der Waals surface area contributed by atoms with E-state index in [1.165, 1.54) is 0 Å². The van der Waals surface area contributed by atoms with Crippen LogP contribution in [0.2, 0.25) is 0 Å². The first kappa shape index (κ1) is 53.3. The number of rotatable bonds is 26. The quantitative estimate of drug-likeness (QED) is 0.0292. The predicted molar refractivity (Wildman–Crippen MR) is 283 cm³/mol. The second-order valence-corrected chi connectivity index (χ2v) is 18.8. The van der Waals surface area contributed by atoms with E-state index in [9.17, 15) is 5.53 Å². The Morgan fingerprint density at radius 3 is 1.12 bits per heavy atom. The standard InChI is InChI=1S/C62H65N3O10/c1-62(75-61-55(64-65-63)58(70-41-50-31-17-6-18-32-50)56(68-39-48-27-13-4-14-28-48)53(73-61)44-66-37-46-23-9-2-10-24-46)60(72-43-52-35-21-8-22-36-52)59(71-42-51-33-19-7-20-34-51)57(69-40-49-29-15-5-16-30-49)54(74-62)45-67-38-47-25-11-3-12-26-47/h2-36,53-61H,37-45H2,1H3/t53-,54-,55-,56-,57-,58-,59+,60-,61?,62-/m1/s1. The molecule has 2 aliphatic rings. The smallest absolute Gasteiger partial charge is 0.197 e. The Morgan fingerprint density at radius 2 is 0.733 bits per heavy atom. The van der Waals surface area contributed by atoms with Gasteiger partial charge in [0.25, 0.3) is 0 Å². The lowest BCUT2D eigenvalue weighted by Gasteiger charge is -2.53. The minimum Gasteiger partial charge on any atom is -0.374 e. The molecule has 10 atom stereocenters. The van der Waals surface area contributed by atoms with E-state index in [1.807, 2.05) is 219 Å². The average Bonchev–Trinajstić information content (AvgIpc) is 3.46. The SMILES string of the molecule is C[C@]1(OC2O[C@H](COCc3ccccc3)[C@@H](OCc3ccccc3)[C@H](OCc3ccccc3)[C@H]2N=[N+]=[N-])O[C@H](COCc2ccccc2)[C@@H](OCc2ccccc2)[C@H](OCc2ccccc2)[C@H]1OCc1ccccc1. The molecule has 2 aliphatic heterocycles. The van der Waals surface area contributed by atoms with Crippen molar-refractivity contribution in [3.05, 3.63) is 262 Å². The monoisotopic (exact) mass is 1010 g/mol. The molecule has 0 bridgehead atoms. The van der Waals surface area contributed by atoms with Gasteiger partial charge in [0.15, 0.2) is 12.1 Å².